The van der Waals surface area contributed by atoms with Crippen molar-refractivity contribution in [2.24, 2.45) is 0 Å². The quantitative estimate of drug-likeness (QED) is 0.429. The first-order valence-corrected chi connectivity index (χ1v) is 12.5. The number of esters is 1. The molecule has 36 heavy (non-hydrogen) atoms. The molecule has 0 bridgehead atoms. The molecular formula is C27H28ClN3O5. The average Bonchev–Trinajstić information content (AvgIpc) is 3.09. The van der Waals surface area contributed by atoms with Crippen molar-refractivity contribution >= 4 is 46.7 Å². The van der Waals surface area contributed by atoms with Gasteiger partial charge in [-0.15, -0.1) is 0 Å². The number of benzene rings is 2. The molecule has 0 saturated carbocycles. The van der Waals surface area contributed by atoms with Crippen molar-refractivity contribution in [2.45, 2.75) is 39.0 Å². The van der Waals surface area contributed by atoms with E-state index in [4.69, 9.17) is 16.3 Å². The molecule has 1 N–H and O–H groups in total. The molecular weight excluding hydrogens is 482 g/mol. The van der Waals surface area contributed by atoms with Crippen LogP contribution in [-0.4, -0.2) is 48.3 Å². The largest absolute Gasteiger partial charge is 0.462 e. The van der Waals surface area contributed by atoms with Crippen molar-refractivity contribution in [1.29, 1.82) is 0 Å². The van der Waals surface area contributed by atoms with Crippen LogP contribution in [0.5, 0.6) is 0 Å². The van der Waals surface area contributed by atoms with Gasteiger partial charge in [0.2, 0.25) is 0 Å². The fraction of sp³-hybridized carbons (Fsp3) is 0.333. The Morgan fingerprint density at radius 2 is 1.64 bits per heavy atom. The zero-order chi connectivity index (χ0) is 25.7. The number of halogens is 1. The van der Waals surface area contributed by atoms with Crippen molar-refractivity contribution in [3.05, 3.63) is 70.4 Å². The van der Waals surface area contributed by atoms with E-state index >= 15 is 0 Å². The van der Waals surface area contributed by atoms with Gasteiger partial charge in [0.25, 0.3) is 17.7 Å². The van der Waals surface area contributed by atoms with Gasteiger partial charge in [-0.2, -0.15) is 0 Å². The molecule has 9 heteroatoms. The lowest BCUT2D eigenvalue weighted by Crippen LogP contribution is -2.32. The number of hydrogen-bond acceptors (Lipinski definition) is 6. The molecule has 0 radical (unpaired) electrons. The van der Waals surface area contributed by atoms with Crippen LogP contribution < -0.4 is 10.2 Å². The van der Waals surface area contributed by atoms with Gasteiger partial charge < -0.3 is 15.0 Å². The topological polar surface area (TPSA) is 96.0 Å². The Kier molecular flexibility index (Phi) is 8.05. The summed E-state index contributed by atoms with van der Waals surface area (Å²) in [6, 6.07) is 12.8. The van der Waals surface area contributed by atoms with Crippen LogP contribution >= 0.6 is 11.6 Å². The lowest BCUT2D eigenvalue weighted by molar-refractivity contribution is -0.120. The zero-order valence-corrected chi connectivity index (χ0v) is 20.8. The molecule has 2 heterocycles. The van der Waals surface area contributed by atoms with Gasteiger partial charge in [0.05, 0.1) is 17.9 Å². The highest BCUT2D eigenvalue weighted by atomic mass is 35.5. The standard InChI is InChI=1S/C27H28ClN3O5/c1-2-16-36-27(35)19-8-7-9-21(17-19)31-25(33)22(28)23(26(31)34)29-20-12-10-18(11-13-20)24(32)30-14-5-3-4-6-15-30/h7-13,17,29H,2-6,14-16H2,1H3. The van der Waals surface area contributed by atoms with E-state index in [1.807, 2.05) is 11.8 Å². The number of anilines is 2. The summed E-state index contributed by atoms with van der Waals surface area (Å²) in [4.78, 5) is 53.8. The molecule has 8 nitrogen and oxygen atoms in total. The second-order valence-corrected chi connectivity index (χ2v) is 9.11. The smallest absolute Gasteiger partial charge is 0.338 e. The number of rotatable bonds is 7. The first-order valence-electron chi connectivity index (χ1n) is 12.1. The maximum atomic E-state index is 13.1. The van der Waals surface area contributed by atoms with Crippen LogP contribution in [0.1, 0.15) is 59.7 Å². The van der Waals surface area contributed by atoms with Gasteiger partial charge in [0, 0.05) is 24.3 Å². The number of carbonyl (C=O) groups excluding carboxylic acids is 4. The summed E-state index contributed by atoms with van der Waals surface area (Å²) < 4.78 is 5.14. The fourth-order valence-corrected chi connectivity index (χ4v) is 4.41. The van der Waals surface area contributed by atoms with Crippen LogP contribution in [0.25, 0.3) is 0 Å². The number of likely N-dealkylation sites (tertiary alicyclic amines) is 1. The number of nitrogens with one attached hydrogen (secondary N) is 1. The third-order valence-electron chi connectivity index (χ3n) is 6.10. The van der Waals surface area contributed by atoms with Crippen LogP contribution in [-0.2, 0) is 14.3 Å². The van der Waals surface area contributed by atoms with Crippen molar-refractivity contribution in [2.75, 3.05) is 29.9 Å². The molecule has 2 aromatic rings. The summed E-state index contributed by atoms with van der Waals surface area (Å²) in [5.74, 6) is -1.90. The second kappa shape index (κ2) is 11.4. The molecule has 0 atom stereocenters. The first-order chi connectivity index (χ1) is 17.4. The van der Waals surface area contributed by atoms with Crippen LogP contribution in [0.15, 0.2) is 59.3 Å². The normalized spacial score (nSPS) is 16.3. The van der Waals surface area contributed by atoms with E-state index in [1.165, 1.54) is 6.07 Å². The molecule has 0 spiro atoms. The van der Waals surface area contributed by atoms with Crippen molar-refractivity contribution in [3.8, 4) is 0 Å². The number of nitrogens with zero attached hydrogens (tertiary/aromatic N) is 2. The van der Waals surface area contributed by atoms with E-state index in [1.54, 1.807) is 42.5 Å². The van der Waals surface area contributed by atoms with E-state index in [2.05, 4.69) is 5.32 Å². The first kappa shape index (κ1) is 25.4. The number of ether oxygens (including phenoxy) is 1. The van der Waals surface area contributed by atoms with Gasteiger partial charge >= 0.3 is 5.97 Å². The molecule has 1 saturated heterocycles. The summed E-state index contributed by atoms with van der Waals surface area (Å²) in [7, 11) is 0. The summed E-state index contributed by atoms with van der Waals surface area (Å²) in [5.41, 5.74) is 1.43. The summed E-state index contributed by atoms with van der Waals surface area (Å²) in [5, 5.41) is 2.65. The molecule has 4 rings (SSSR count). The second-order valence-electron chi connectivity index (χ2n) is 8.73. The van der Waals surface area contributed by atoms with E-state index in [0.29, 0.717) is 17.7 Å². The number of carbonyl (C=O) groups is 4. The van der Waals surface area contributed by atoms with Crippen LogP contribution in [0, 0.1) is 0 Å². The Labute approximate surface area is 214 Å². The lowest BCUT2D eigenvalue weighted by atomic mass is 10.1. The van der Waals surface area contributed by atoms with Crippen molar-refractivity contribution < 1.29 is 23.9 Å². The number of imide groups is 1. The van der Waals surface area contributed by atoms with Crippen molar-refractivity contribution in [1.82, 2.24) is 4.90 Å². The molecule has 1 fully saturated rings. The number of hydrogen-bond donors (Lipinski definition) is 1. The molecule has 0 aliphatic carbocycles. The van der Waals surface area contributed by atoms with E-state index in [-0.39, 0.29) is 34.5 Å². The zero-order valence-electron chi connectivity index (χ0n) is 20.1. The lowest BCUT2D eigenvalue weighted by Gasteiger charge is -2.20. The van der Waals surface area contributed by atoms with E-state index < -0.39 is 17.8 Å². The average molecular weight is 510 g/mol. The summed E-state index contributed by atoms with van der Waals surface area (Å²) >= 11 is 6.24. The maximum Gasteiger partial charge on any atom is 0.338 e. The molecule has 0 aromatic heterocycles. The summed E-state index contributed by atoms with van der Waals surface area (Å²) in [6.07, 6.45) is 4.97. The minimum atomic E-state index is -0.698. The van der Waals surface area contributed by atoms with Gasteiger partial charge in [-0.05, 0) is 61.7 Å². The predicted octanol–water partition coefficient (Wildman–Crippen LogP) is 4.71. The Bertz CT molecular complexity index is 1200. The van der Waals surface area contributed by atoms with E-state index in [9.17, 15) is 19.2 Å². The minimum Gasteiger partial charge on any atom is -0.462 e. The molecule has 0 unspecified atom stereocenters. The monoisotopic (exact) mass is 509 g/mol. The predicted molar refractivity (Wildman–Crippen MR) is 137 cm³/mol. The van der Waals surface area contributed by atoms with Gasteiger partial charge in [0.15, 0.2) is 0 Å². The molecule has 188 valence electrons. The maximum absolute atomic E-state index is 13.1. The molecule has 2 aliphatic rings. The SMILES string of the molecule is CCCOC(=O)c1cccc(N2C(=O)C(Cl)=C(Nc3ccc(C(=O)N4CCCCCC4)cc3)C2=O)c1. The Balaban J connectivity index is 1.47. The third-order valence-corrected chi connectivity index (χ3v) is 6.45. The van der Waals surface area contributed by atoms with Gasteiger partial charge in [0.1, 0.15) is 10.7 Å². The van der Waals surface area contributed by atoms with E-state index in [0.717, 1.165) is 43.7 Å². The van der Waals surface area contributed by atoms with Gasteiger partial charge in [-0.25, -0.2) is 9.69 Å². The fourth-order valence-electron chi connectivity index (χ4n) is 4.19. The van der Waals surface area contributed by atoms with Gasteiger partial charge in [-0.3, -0.25) is 14.4 Å². The third kappa shape index (κ3) is 5.44. The Morgan fingerprint density at radius 3 is 2.31 bits per heavy atom. The Hall–Kier alpha value is -3.65. The number of amides is 3. The minimum absolute atomic E-state index is 0.0173. The molecule has 3 amide bonds. The Morgan fingerprint density at radius 1 is 0.944 bits per heavy atom. The molecule has 2 aromatic carbocycles. The van der Waals surface area contributed by atoms with Crippen molar-refractivity contribution in [3.63, 3.8) is 0 Å². The van der Waals surface area contributed by atoms with Crippen LogP contribution in [0.4, 0.5) is 11.4 Å². The van der Waals surface area contributed by atoms with Crippen LogP contribution in [0.3, 0.4) is 0 Å². The van der Waals surface area contributed by atoms with Gasteiger partial charge in [-0.1, -0.05) is 37.4 Å². The molecule has 2 aliphatic heterocycles. The highest BCUT2D eigenvalue weighted by molar-refractivity contribution is 6.53. The summed E-state index contributed by atoms with van der Waals surface area (Å²) in [6.45, 7) is 3.67. The van der Waals surface area contributed by atoms with Crippen LogP contribution in [0.2, 0.25) is 0 Å². The highest BCUT2D eigenvalue weighted by Gasteiger charge is 2.39. The highest BCUT2D eigenvalue weighted by Crippen LogP contribution is 2.31.